The van der Waals surface area contributed by atoms with E-state index in [4.69, 9.17) is 14.5 Å². The SMILES string of the molecule is CCOc1cc2c(cc1OC)-c1c/c(=N\c3c(C)cc(C)cc3C)n(CCC3=NNNN3)c(=O)n1CC2. The number of nitrogens with zero attached hydrogens (tertiary/aromatic N) is 4. The molecule has 3 N–H and O–H groups in total. The molecule has 0 bridgehead atoms. The molecule has 2 aromatic carbocycles. The molecule has 10 nitrogen and oxygen atoms in total. The maximum Gasteiger partial charge on any atom is 0.330 e. The van der Waals surface area contributed by atoms with Crippen molar-refractivity contribution in [1.29, 1.82) is 0 Å². The Morgan fingerprint density at radius 1 is 1.08 bits per heavy atom. The molecule has 0 unspecified atom stereocenters. The van der Waals surface area contributed by atoms with E-state index in [1.807, 2.05) is 29.7 Å². The number of rotatable bonds is 7. The third-order valence-corrected chi connectivity index (χ3v) is 6.75. The number of ether oxygens (including phenoxy) is 2. The van der Waals surface area contributed by atoms with E-state index < -0.39 is 0 Å². The van der Waals surface area contributed by atoms with Crippen LogP contribution in [0.25, 0.3) is 11.3 Å². The fourth-order valence-electron chi connectivity index (χ4n) is 5.10. The molecule has 0 radical (unpaired) electrons. The zero-order valence-corrected chi connectivity index (χ0v) is 21.9. The summed E-state index contributed by atoms with van der Waals surface area (Å²) < 4.78 is 15.0. The van der Waals surface area contributed by atoms with E-state index in [0.717, 1.165) is 45.9 Å². The zero-order chi connectivity index (χ0) is 26.1. The van der Waals surface area contributed by atoms with Gasteiger partial charge in [-0.1, -0.05) is 17.7 Å². The number of aryl methyl sites for hydroxylation is 4. The van der Waals surface area contributed by atoms with Crippen LogP contribution in [0, 0.1) is 20.8 Å². The second kappa shape index (κ2) is 10.1. The molecular formula is C27H33N7O3. The van der Waals surface area contributed by atoms with Crippen molar-refractivity contribution < 1.29 is 9.47 Å². The van der Waals surface area contributed by atoms with E-state index >= 15 is 0 Å². The second-order valence-electron chi connectivity index (χ2n) is 9.35. The summed E-state index contributed by atoms with van der Waals surface area (Å²) in [7, 11) is 1.63. The first-order valence-electron chi connectivity index (χ1n) is 12.5. The van der Waals surface area contributed by atoms with E-state index in [9.17, 15) is 4.79 Å². The number of benzene rings is 2. The highest BCUT2D eigenvalue weighted by Crippen LogP contribution is 2.37. The maximum atomic E-state index is 13.9. The van der Waals surface area contributed by atoms with Gasteiger partial charge in [-0.25, -0.2) is 15.3 Å². The largest absolute Gasteiger partial charge is 0.493 e. The summed E-state index contributed by atoms with van der Waals surface area (Å²) in [6, 6.07) is 10.2. The summed E-state index contributed by atoms with van der Waals surface area (Å²) in [5.74, 6) is 2.09. The number of hydrogen-bond acceptors (Lipinski definition) is 8. The Morgan fingerprint density at radius 2 is 1.86 bits per heavy atom. The monoisotopic (exact) mass is 503 g/mol. The molecule has 5 rings (SSSR count). The third-order valence-electron chi connectivity index (χ3n) is 6.75. The number of amidine groups is 1. The first-order chi connectivity index (χ1) is 17.9. The molecule has 2 aliphatic rings. The number of hydrogen-bond donors (Lipinski definition) is 3. The van der Waals surface area contributed by atoms with Gasteiger partial charge in [-0.3, -0.25) is 14.6 Å². The highest BCUT2D eigenvalue weighted by atomic mass is 16.5. The van der Waals surface area contributed by atoms with Crippen LogP contribution in [0.15, 0.2) is 45.2 Å². The van der Waals surface area contributed by atoms with E-state index in [2.05, 4.69) is 54.5 Å². The number of fused-ring (bicyclic) bond motifs is 3. The fraction of sp³-hybridized carbons (Fsp3) is 0.370. The lowest BCUT2D eigenvalue weighted by Crippen LogP contribution is -2.43. The van der Waals surface area contributed by atoms with Gasteiger partial charge in [0.25, 0.3) is 0 Å². The first kappa shape index (κ1) is 24.6. The molecule has 1 aromatic heterocycles. The fourth-order valence-corrected chi connectivity index (χ4v) is 5.10. The lowest BCUT2D eigenvalue weighted by Gasteiger charge is -2.25. The van der Waals surface area contributed by atoms with Crippen molar-refractivity contribution in [2.75, 3.05) is 13.7 Å². The predicted molar refractivity (Wildman–Crippen MR) is 143 cm³/mol. The van der Waals surface area contributed by atoms with E-state index in [-0.39, 0.29) is 5.69 Å². The van der Waals surface area contributed by atoms with Crippen LogP contribution < -0.4 is 37.1 Å². The summed E-state index contributed by atoms with van der Waals surface area (Å²) in [5.41, 5.74) is 16.0. The van der Waals surface area contributed by atoms with Gasteiger partial charge in [0.2, 0.25) is 0 Å². The Kier molecular flexibility index (Phi) is 6.75. The lowest BCUT2D eigenvalue weighted by molar-refractivity contribution is 0.310. The molecule has 0 fully saturated rings. The number of hydrazine groups is 2. The normalized spacial score (nSPS) is 14.4. The highest BCUT2D eigenvalue weighted by molar-refractivity contribution is 5.82. The number of aromatic nitrogens is 2. The standard InChI is InChI=1S/C27H33N7O3/c1-6-37-23-13-19-7-9-33-21(20(19)14-22(23)36-5)15-25(28-26-17(3)11-16(2)12-18(26)4)34(27(33)35)10-8-24-29-31-32-30-24/h11-15,31-32H,6-10H2,1-5H3,(H,29,30)/b28-25+. The van der Waals surface area contributed by atoms with Crippen molar-refractivity contribution in [1.82, 2.24) is 25.6 Å². The van der Waals surface area contributed by atoms with Crippen LogP contribution in [-0.2, 0) is 19.5 Å². The second-order valence-corrected chi connectivity index (χ2v) is 9.35. The van der Waals surface area contributed by atoms with Crippen molar-refractivity contribution in [3.63, 3.8) is 0 Å². The van der Waals surface area contributed by atoms with Gasteiger partial charge >= 0.3 is 5.69 Å². The Labute approximate surface area is 215 Å². The van der Waals surface area contributed by atoms with Gasteiger partial charge < -0.3 is 9.47 Å². The minimum atomic E-state index is -0.100. The van der Waals surface area contributed by atoms with Crippen molar-refractivity contribution in [3.05, 3.63) is 68.6 Å². The van der Waals surface area contributed by atoms with Crippen LogP contribution in [-0.4, -0.2) is 28.7 Å². The molecule has 0 atom stereocenters. The Morgan fingerprint density at radius 3 is 2.54 bits per heavy atom. The third kappa shape index (κ3) is 4.72. The smallest absolute Gasteiger partial charge is 0.330 e. The van der Waals surface area contributed by atoms with E-state index in [0.29, 0.717) is 43.1 Å². The quantitative estimate of drug-likeness (QED) is 0.458. The van der Waals surface area contributed by atoms with Crippen LogP contribution in [0.5, 0.6) is 11.5 Å². The summed E-state index contributed by atoms with van der Waals surface area (Å²) in [6.07, 6.45) is 1.26. The van der Waals surface area contributed by atoms with Crippen LogP contribution in [0.4, 0.5) is 5.69 Å². The van der Waals surface area contributed by atoms with Crippen LogP contribution in [0.1, 0.15) is 35.6 Å². The van der Waals surface area contributed by atoms with Crippen LogP contribution in [0.2, 0.25) is 0 Å². The van der Waals surface area contributed by atoms with Crippen molar-refractivity contribution in [2.24, 2.45) is 10.1 Å². The molecule has 194 valence electrons. The first-order valence-corrected chi connectivity index (χ1v) is 12.5. The van der Waals surface area contributed by atoms with Gasteiger partial charge in [0.15, 0.2) is 11.5 Å². The zero-order valence-electron chi connectivity index (χ0n) is 21.9. The number of methoxy groups -OCH3 is 1. The van der Waals surface area contributed by atoms with Crippen LogP contribution >= 0.6 is 0 Å². The van der Waals surface area contributed by atoms with E-state index in [1.54, 1.807) is 11.7 Å². The van der Waals surface area contributed by atoms with Crippen molar-refractivity contribution in [3.8, 4) is 22.8 Å². The summed E-state index contributed by atoms with van der Waals surface area (Å²) in [4.78, 5) is 19.0. The van der Waals surface area contributed by atoms with Crippen LogP contribution in [0.3, 0.4) is 0 Å². The lowest BCUT2D eigenvalue weighted by atomic mass is 9.97. The molecule has 0 aliphatic carbocycles. The van der Waals surface area contributed by atoms with E-state index in [1.165, 1.54) is 5.56 Å². The molecule has 0 saturated heterocycles. The summed E-state index contributed by atoms with van der Waals surface area (Å²) in [5, 5.41) is 4.16. The molecule has 37 heavy (non-hydrogen) atoms. The molecule has 3 aromatic rings. The molecular weight excluding hydrogens is 470 g/mol. The molecule has 2 aliphatic heterocycles. The topological polar surface area (TPSA) is 106 Å². The van der Waals surface area contributed by atoms with Gasteiger partial charge in [-0.05, 0) is 62.9 Å². The molecule has 10 heteroatoms. The summed E-state index contributed by atoms with van der Waals surface area (Å²) >= 11 is 0. The molecule has 3 heterocycles. The van der Waals surface area contributed by atoms with Gasteiger partial charge in [0.05, 0.1) is 25.1 Å². The molecule has 0 amide bonds. The van der Waals surface area contributed by atoms with Gasteiger partial charge in [0.1, 0.15) is 11.3 Å². The molecule has 0 spiro atoms. The Balaban J connectivity index is 1.72. The van der Waals surface area contributed by atoms with Gasteiger partial charge in [-0.2, -0.15) is 0 Å². The van der Waals surface area contributed by atoms with Crippen molar-refractivity contribution >= 4 is 11.5 Å². The minimum Gasteiger partial charge on any atom is -0.493 e. The Bertz CT molecular complexity index is 1490. The maximum absolute atomic E-state index is 13.9. The average molecular weight is 504 g/mol. The van der Waals surface area contributed by atoms with Gasteiger partial charge in [-0.15, -0.1) is 10.6 Å². The highest BCUT2D eigenvalue weighted by Gasteiger charge is 2.23. The van der Waals surface area contributed by atoms with Crippen molar-refractivity contribution in [2.45, 2.75) is 53.6 Å². The van der Waals surface area contributed by atoms with Gasteiger partial charge in [0, 0.05) is 31.1 Å². The predicted octanol–water partition coefficient (Wildman–Crippen LogP) is 2.75. The molecule has 0 saturated carbocycles. The average Bonchev–Trinajstić information content (AvgIpc) is 3.39. The number of nitrogens with one attached hydrogen (secondary N) is 3. The minimum absolute atomic E-state index is 0.100. The summed E-state index contributed by atoms with van der Waals surface area (Å²) in [6.45, 7) is 9.69. The Hall–Kier alpha value is -4.05. The number of hydrazone groups is 1.